The van der Waals surface area contributed by atoms with Gasteiger partial charge in [-0.1, -0.05) is 6.07 Å². The van der Waals surface area contributed by atoms with Crippen LogP contribution in [0.25, 0.3) is 0 Å². The first kappa shape index (κ1) is 22.7. The van der Waals surface area contributed by atoms with Gasteiger partial charge in [-0.25, -0.2) is 5.01 Å². The summed E-state index contributed by atoms with van der Waals surface area (Å²) in [5, 5.41) is 6.13. The highest BCUT2D eigenvalue weighted by Crippen LogP contribution is 2.39. The monoisotopic (exact) mass is 514 g/mol. The van der Waals surface area contributed by atoms with Crippen LogP contribution in [-0.4, -0.2) is 45.1 Å². The zero-order valence-electron chi connectivity index (χ0n) is 18.6. The second-order valence-corrected chi connectivity index (χ2v) is 7.99. The zero-order chi connectivity index (χ0) is 23.5. The summed E-state index contributed by atoms with van der Waals surface area (Å²) in [7, 11) is 6.32. The minimum atomic E-state index is -0.371. The molecule has 0 bridgehead atoms. The van der Waals surface area contributed by atoms with Crippen LogP contribution in [0.2, 0.25) is 0 Å². The van der Waals surface area contributed by atoms with Gasteiger partial charge < -0.3 is 23.4 Å². The number of furan rings is 1. The topological polar surface area (TPSA) is 82.7 Å². The molecule has 3 aromatic rings. The third-order valence-corrected chi connectivity index (χ3v) is 5.84. The number of benzene rings is 2. The Morgan fingerprint density at radius 3 is 2.15 bits per heavy atom. The molecule has 0 saturated carbocycles. The molecule has 0 radical (unpaired) electrons. The summed E-state index contributed by atoms with van der Waals surface area (Å²) in [4.78, 5) is 13.3. The molecular weight excluding hydrogens is 492 g/mol. The summed E-state index contributed by atoms with van der Waals surface area (Å²) in [6.07, 6.45) is 0.485. The van der Waals surface area contributed by atoms with E-state index in [-0.39, 0.29) is 17.7 Å². The predicted octanol–water partition coefficient (Wildman–Crippen LogP) is 5.07. The maximum Gasteiger partial charge on any atom is 0.310 e. The summed E-state index contributed by atoms with van der Waals surface area (Å²) in [5.41, 5.74) is 2.41. The van der Waals surface area contributed by atoms with Crippen molar-refractivity contribution in [2.45, 2.75) is 12.5 Å². The number of hydrazone groups is 1. The minimum Gasteiger partial charge on any atom is -0.493 e. The standard InChI is InChI=1S/C24H23BrN2O6/c1-29-18-7-5-14(11-21(18)31-3)16-13-17(15-6-8-19(30-2)22(12-15)32-4)27(26-16)24(28)20-9-10-23(25)33-20/h5-12,17H,13H2,1-4H3. The molecule has 0 spiro atoms. The molecule has 0 fully saturated rings. The molecule has 0 aliphatic carbocycles. The molecule has 1 aliphatic rings. The van der Waals surface area contributed by atoms with E-state index in [0.717, 1.165) is 16.8 Å². The van der Waals surface area contributed by atoms with Gasteiger partial charge in [0.15, 0.2) is 33.4 Å². The van der Waals surface area contributed by atoms with E-state index in [1.54, 1.807) is 40.6 Å². The molecule has 172 valence electrons. The Balaban J connectivity index is 1.76. The molecule has 1 atom stereocenters. The summed E-state index contributed by atoms with van der Waals surface area (Å²) >= 11 is 3.25. The van der Waals surface area contributed by atoms with Crippen LogP contribution in [0.3, 0.4) is 0 Å². The second-order valence-electron chi connectivity index (χ2n) is 7.20. The van der Waals surface area contributed by atoms with Crippen LogP contribution in [0.1, 0.15) is 34.1 Å². The Labute approximate surface area is 199 Å². The molecule has 1 aromatic heterocycles. The molecule has 1 aliphatic heterocycles. The first-order chi connectivity index (χ1) is 16.0. The Morgan fingerprint density at radius 2 is 1.55 bits per heavy atom. The van der Waals surface area contributed by atoms with Crippen molar-refractivity contribution in [3.8, 4) is 23.0 Å². The van der Waals surface area contributed by atoms with Gasteiger partial charge in [0.1, 0.15) is 0 Å². The van der Waals surface area contributed by atoms with E-state index in [2.05, 4.69) is 21.0 Å². The summed E-state index contributed by atoms with van der Waals surface area (Å²) < 4.78 is 27.6. The van der Waals surface area contributed by atoms with E-state index in [0.29, 0.717) is 34.1 Å². The van der Waals surface area contributed by atoms with Gasteiger partial charge in [0.05, 0.1) is 40.2 Å². The molecule has 2 aromatic carbocycles. The summed E-state index contributed by atoms with van der Waals surface area (Å²) in [6.45, 7) is 0. The van der Waals surface area contributed by atoms with Crippen molar-refractivity contribution in [2.75, 3.05) is 28.4 Å². The van der Waals surface area contributed by atoms with Crippen LogP contribution in [0.15, 0.2) is 62.7 Å². The van der Waals surface area contributed by atoms with Crippen LogP contribution < -0.4 is 18.9 Å². The van der Waals surface area contributed by atoms with Gasteiger partial charge in [-0.05, 0) is 64.0 Å². The van der Waals surface area contributed by atoms with Crippen LogP contribution in [-0.2, 0) is 0 Å². The predicted molar refractivity (Wildman–Crippen MR) is 126 cm³/mol. The fourth-order valence-corrected chi connectivity index (χ4v) is 4.06. The van der Waals surface area contributed by atoms with Crippen molar-refractivity contribution >= 4 is 27.5 Å². The smallest absolute Gasteiger partial charge is 0.310 e. The second kappa shape index (κ2) is 9.58. The van der Waals surface area contributed by atoms with Crippen molar-refractivity contribution in [3.63, 3.8) is 0 Å². The molecule has 8 nitrogen and oxygen atoms in total. The van der Waals surface area contributed by atoms with Crippen molar-refractivity contribution in [1.29, 1.82) is 0 Å². The normalized spacial score (nSPS) is 15.2. The van der Waals surface area contributed by atoms with Crippen molar-refractivity contribution < 1.29 is 28.2 Å². The SMILES string of the molecule is COc1ccc(C2=NN(C(=O)c3ccc(Br)o3)C(c3ccc(OC)c(OC)c3)C2)cc1OC. The average Bonchev–Trinajstić information content (AvgIpc) is 3.49. The lowest BCUT2D eigenvalue weighted by molar-refractivity contribution is 0.0677. The van der Waals surface area contributed by atoms with Gasteiger partial charge in [-0.2, -0.15) is 5.10 Å². The number of carbonyl (C=O) groups excluding carboxylic acids is 1. The van der Waals surface area contributed by atoms with E-state index in [1.807, 2.05) is 36.4 Å². The highest BCUT2D eigenvalue weighted by Gasteiger charge is 2.35. The number of ether oxygens (including phenoxy) is 4. The lowest BCUT2D eigenvalue weighted by Gasteiger charge is -2.22. The summed E-state index contributed by atoms with van der Waals surface area (Å²) in [5.74, 6) is 2.21. The van der Waals surface area contributed by atoms with Gasteiger partial charge in [0.2, 0.25) is 0 Å². The number of rotatable bonds is 7. The van der Waals surface area contributed by atoms with Gasteiger partial charge in [-0.3, -0.25) is 4.79 Å². The molecule has 0 saturated heterocycles. The Morgan fingerprint density at radius 1 is 0.909 bits per heavy atom. The van der Waals surface area contributed by atoms with Gasteiger partial charge in [-0.15, -0.1) is 0 Å². The van der Waals surface area contributed by atoms with Gasteiger partial charge >= 0.3 is 5.91 Å². The fourth-order valence-electron chi connectivity index (χ4n) is 3.75. The number of halogens is 1. The lowest BCUT2D eigenvalue weighted by atomic mass is 9.97. The quantitative estimate of drug-likeness (QED) is 0.437. The Hall–Kier alpha value is -3.46. The van der Waals surface area contributed by atoms with Crippen LogP contribution in [0.4, 0.5) is 0 Å². The number of methoxy groups -OCH3 is 4. The summed E-state index contributed by atoms with van der Waals surface area (Å²) in [6, 6.07) is 14.0. The van der Waals surface area contributed by atoms with Gasteiger partial charge in [0.25, 0.3) is 0 Å². The highest BCUT2D eigenvalue weighted by atomic mass is 79.9. The van der Waals surface area contributed by atoms with E-state index in [4.69, 9.17) is 23.4 Å². The fraction of sp³-hybridized carbons (Fsp3) is 0.250. The number of amides is 1. The molecular formula is C24H23BrN2O6. The molecule has 0 N–H and O–H groups in total. The molecule has 1 unspecified atom stereocenters. The third kappa shape index (κ3) is 4.41. The number of nitrogens with zero attached hydrogens (tertiary/aromatic N) is 2. The third-order valence-electron chi connectivity index (χ3n) is 5.41. The van der Waals surface area contributed by atoms with E-state index in [1.165, 1.54) is 5.01 Å². The zero-order valence-corrected chi connectivity index (χ0v) is 20.2. The lowest BCUT2D eigenvalue weighted by Crippen LogP contribution is -2.26. The van der Waals surface area contributed by atoms with Gasteiger partial charge in [0, 0.05) is 12.0 Å². The first-order valence-corrected chi connectivity index (χ1v) is 10.9. The molecule has 33 heavy (non-hydrogen) atoms. The molecule has 4 rings (SSSR count). The molecule has 2 heterocycles. The maximum atomic E-state index is 13.3. The van der Waals surface area contributed by atoms with Crippen LogP contribution in [0.5, 0.6) is 23.0 Å². The van der Waals surface area contributed by atoms with E-state index >= 15 is 0 Å². The van der Waals surface area contributed by atoms with Crippen LogP contribution >= 0.6 is 15.9 Å². The average molecular weight is 515 g/mol. The van der Waals surface area contributed by atoms with E-state index < -0.39 is 0 Å². The largest absolute Gasteiger partial charge is 0.493 e. The highest BCUT2D eigenvalue weighted by molar-refractivity contribution is 9.10. The number of hydrogen-bond donors (Lipinski definition) is 0. The van der Waals surface area contributed by atoms with Crippen molar-refractivity contribution in [1.82, 2.24) is 5.01 Å². The Kier molecular flexibility index (Phi) is 6.60. The number of carbonyl (C=O) groups is 1. The van der Waals surface area contributed by atoms with Crippen LogP contribution in [0, 0.1) is 0 Å². The minimum absolute atomic E-state index is 0.185. The Bertz CT molecular complexity index is 1210. The molecule has 9 heteroatoms. The van der Waals surface area contributed by atoms with Crippen molar-refractivity contribution in [2.24, 2.45) is 5.10 Å². The number of hydrogen-bond acceptors (Lipinski definition) is 7. The maximum absolute atomic E-state index is 13.3. The van der Waals surface area contributed by atoms with Crippen molar-refractivity contribution in [3.05, 3.63) is 70.1 Å². The molecule has 1 amide bonds. The first-order valence-electron chi connectivity index (χ1n) is 10.1. The van der Waals surface area contributed by atoms with E-state index in [9.17, 15) is 4.79 Å².